The molecule has 0 aliphatic heterocycles. The summed E-state index contributed by atoms with van der Waals surface area (Å²) in [7, 11) is -3.63. The van der Waals surface area contributed by atoms with Crippen LogP contribution in [-0.4, -0.2) is 12.4 Å². The maximum Gasteiger partial charge on any atom is 0.268 e. The summed E-state index contributed by atoms with van der Waals surface area (Å²) in [5.41, 5.74) is 2.48. The van der Waals surface area contributed by atoms with Gasteiger partial charge in [0.2, 0.25) is 0 Å². The molecular formula is C18H18ClNO2S. The van der Waals surface area contributed by atoms with Crippen LogP contribution in [0.4, 0.5) is 0 Å². The van der Waals surface area contributed by atoms with E-state index in [4.69, 9.17) is 11.6 Å². The van der Waals surface area contributed by atoms with Crippen molar-refractivity contribution >= 4 is 32.5 Å². The van der Waals surface area contributed by atoms with E-state index in [2.05, 4.69) is 0 Å². The van der Waals surface area contributed by atoms with E-state index in [1.54, 1.807) is 30.3 Å². The quantitative estimate of drug-likeness (QED) is 0.680. The fourth-order valence-electron chi connectivity index (χ4n) is 2.75. The van der Waals surface area contributed by atoms with Gasteiger partial charge in [0.05, 0.1) is 10.4 Å². The number of halogens is 1. The minimum atomic E-state index is -3.63. The number of hydrogen-bond donors (Lipinski definition) is 0. The predicted molar refractivity (Wildman–Crippen MR) is 94.7 cm³/mol. The van der Waals surface area contributed by atoms with Gasteiger partial charge in [-0.15, -0.1) is 0 Å². The van der Waals surface area contributed by atoms with Crippen molar-refractivity contribution in [3.05, 3.63) is 64.8 Å². The van der Waals surface area contributed by atoms with Crippen LogP contribution in [0.3, 0.4) is 0 Å². The third kappa shape index (κ3) is 2.89. The summed E-state index contributed by atoms with van der Waals surface area (Å²) in [6, 6.07) is 14.1. The average Bonchev–Trinajstić information content (AvgIpc) is 2.85. The Morgan fingerprint density at radius 1 is 1.04 bits per heavy atom. The summed E-state index contributed by atoms with van der Waals surface area (Å²) in [6.45, 7) is 3.97. The van der Waals surface area contributed by atoms with Crippen LogP contribution in [0.1, 0.15) is 24.6 Å². The normalized spacial score (nSPS) is 12.0. The van der Waals surface area contributed by atoms with Gasteiger partial charge in [0.25, 0.3) is 10.0 Å². The van der Waals surface area contributed by atoms with Crippen LogP contribution in [0, 0.1) is 6.92 Å². The lowest BCUT2D eigenvalue weighted by atomic mass is 10.2. The lowest BCUT2D eigenvalue weighted by Crippen LogP contribution is -2.15. The van der Waals surface area contributed by atoms with E-state index in [0.717, 1.165) is 23.1 Å². The van der Waals surface area contributed by atoms with Crippen LogP contribution in [-0.2, 0) is 16.4 Å². The molecule has 0 bridgehead atoms. The Hall–Kier alpha value is -1.78. The number of aromatic nitrogens is 1. The molecule has 3 rings (SSSR count). The molecule has 0 unspecified atom stereocenters. The third-order valence-corrected chi connectivity index (χ3v) is 5.87. The smallest absolute Gasteiger partial charge is 0.238 e. The number of hydrogen-bond acceptors (Lipinski definition) is 2. The molecule has 0 aliphatic rings. The van der Waals surface area contributed by atoms with Crippen molar-refractivity contribution in [3.63, 3.8) is 0 Å². The molecule has 0 N–H and O–H groups in total. The highest BCUT2D eigenvalue weighted by Crippen LogP contribution is 2.28. The molecule has 1 heterocycles. The number of nitrogens with zero attached hydrogens (tertiary/aromatic N) is 1. The van der Waals surface area contributed by atoms with Crippen molar-refractivity contribution in [2.24, 2.45) is 0 Å². The number of benzene rings is 2. The van der Waals surface area contributed by atoms with Gasteiger partial charge in [-0.3, -0.25) is 0 Å². The number of aryl methyl sites for hydroxylation is 2. The second-order valence-corrected chi connectivity index (χ2v) is 7.89. The van der Waals surface area contributed by atoms with E-state index in [1.807, 2.05) is 32.0 Å². The summed E-state index contributed by atoms with van der Waals surface area (Å²) >= 11 is 6.05. The predicted octanol–water partition coefficient (Wildman–Crippen LogP) is 4.79. The molecule has 0 radical (unpaired) electrons. The molecule has 0 atom stereocenters. The van der Waals surface area contributed by atoms with Crippen LogP contribution in [0.2, 0.25) is 5.02 Å². The molecular weight excluding hydrogens is 330 g/mol. The van der Waals surface area contributed by atoms with Crippen molar-refractivity contribution in [3.8, 4) is 0 Å². The first-order valence-electron chi connectivity index (χ1n) is 7.55. The van der Waals surface area contributed by atoms with Crippen LogP contribution in [0.5, 0.6) is 0 Å². The lowest BCUT2D eigenvalue weighted by molar-refractivity contribution is 0.586. The molecule has 0 spiro atoms. The maximum absolute atomic E-state index is 13.1. The zero-order valence-corrected chi connectivity index (χ0v) is 14.7. The van der Waals surface area contributed by atoms with Gasteiger partial charge < -0.3 is 0 Å². The first-order chi connectivity index (χ1) is 10.9. The summed E-state index contributed by atoms with van der Waals surface area (Å²) in [5, 5.41) is 1.45. The topological polar surface area (TPSA) is 39.1 Å². The Labute approximate surface area is 141 Å². The zero-order chi connectivity index (χ0) is 16.6. The fraction of sp³-hybridized carbons (Fsp3) is 0.222. The van der Waals surface area contributed by atoms with Gasteiger partial charge in [-0.2, -0.15) is 0 Å². The Morgan fingerprint density at radius 3 is 2.39 bits per heavy atom. The molecule has 0 aliphatic carbocycles. The summed E-state index contributed by atoms with van der Waals surface area (Å²) in [4.78, 5) is 0.299. The lowest BCUT2D eigenvalue weighted by Gasteiger charge is -2.12. The minimum absolute atomic E-state index is 0.299. The fourth-order valence-corrected chi connectivity index (χ4v) is 4.50. The minimum Gasteiger partial charge on any atom is -0.238 e. The van der Waals surface area contributed by atoms with Crippen molar-refractivity contribution in [2.75, 3.05) is 0 Å². The first kappa shape index (κ1) is 16.1. The Morgan fingerprint density at radius 2 is 1.74 bits per heavy atom. The molecule has 0 saturated carbocycles. The van der Waals surface area contributed by atoms with Gasteiger partial charge in [0.15, 0.2) is 0 Å². The maximum atomic E-state index is 13.1. The van der Waals surface area contributed by atoms with Crippen molar-refractivity contribution in [1.29, 1.82) is 0 Å². The third-order valence-electron chi connectivity index (χ3n) is 3.86. The van der Waals surface area contributed by atoms with E-state index in [0.29, 0.717) is 21.9 Å². The summed E-state index contributed by atoms with van der Waals surface area (Å²) < 4.78 is 27.7. The number of fused-ring (bicyclic) bond motifs is 1. The average molecular weight is 348 g/mol. The molecule has 1 aromatic heterocycles. The molecule has 5 heteroatoms. The SMILES string of the molecule is CCCc1cc2cc(Cl)ccc2n1S(=O)(=O)c1ccc(C)cc1. The molecule has 23 heavy (non-hydrogen) atoms. The van der Waals surface area contributed by atoms with E-state index < -0.39 is 10.0 Å². The van der Waals surface area contributed by atoms with Gasteiger partial charge in [0.1, 0.15) is 0 Å². The second kappa shape index (κ2) is 6.02. The summed E-state index contributed by atoms with van der Waals surface area (Å²) in [5.74, 6) is 0. The molecule has 0 fully saturated rings. The first-order valence-corrected chi connectivity index (χ1v) is 9.37. The zero-order valence-electron chi connectivity index (χ0n) is 13.1. The van der Waals surface area contributed by atoms with Crippen molar-refractivity contribution in [2.45, 2.75) is 31.6 Å². The van der Waals surface area contributed by atoms with Crippen LogP contribution >= 0.6 is 11.6 Å². The highest BCUT2D eigenvalue weighted by Gasteiger charge is 2.22. The molecule has 0 amide bonds. The highest BCUT2D eigenvalue weighted by molar-refractivity contribution is 7.90. The van der Waals surface area contributed by atoms with Crippen LogP contribution in [0.25, 0.3) is 10.9 Å². The highest BCUT2D eigenvalue weighted by atomic mass is 35.5. The van der Waals surface area contributed by atoms with Gasteiger partial charge >= 0.3 is 0 Å². The van der Waals surface area contributed by atoms with E-state index in [-0.39, 0.29) is 0 Å². The Kier molecular flexibility index (Phi) is 4.21. The van der Waals surface area contributed by atoms with Crippen molar-refractivity contribution in [1.82, 2.24) is 3.97 Å². The largest absolute Gasteiger partial charge is 0.268 e. The molecule has 0 saturated heterocycles. The second-order valence-electron chi connectivity index (χ2n) is 5.67. The van der Waals surface area contributed by atoms with Gasteiger partial charge in [-0.25, -0.2) is 12.4 Å². The van der Waals surface area contributed by atoms with Crippen molar-refractivity contribution < 1.29 is 8.42 Å². The van der Waals surface area contributed by atoms with Gasteiger partial charge in [-0.1, -0.05) is 42.6 Å². The Balaban J connectivity index is 2.28. The Bertz CT molecular complexity index is 957. The molecule has 2 aromatic carbocycles. The van der Waals surface area contributed by atoms with Gasteiger partial charge in [-0.05, 0) is 49.7 Å². The van der Waals surface area contributed by atoms with Crippen LogP contribution in [0.15, 0.2) is 53.4 Å². The molecule has 3 aromatic rings. The van der Waals surface area contributed by atoms with E-state index >= 15 is 0 Å². The molecule has 3 nitrogen and oxygen atoms in total. The van der Waals surface area contributed by atoms with Gasteiger partial charge in [0, 0.05) is 16.1 Å². The summed E-state index contributed by atoms with van der Waals surface area (Å²) in [6.07, 6.45) is 1.56. The standard InChI is InChI=1S/C18H18ClNO2S/c1-3-4-16-12-14-11-15(19)7-10-18(14)20(16)23(21,22)17-8-5-13(2)6-9-17/h5-12H,3-4H2,1-2H3. The van der Waals surface area contributed by atoms with E-state index in [9.17, 15) is 8.42 Å². The molecule has 120 valence electrons. The van der Waals surface area contributed by atoms with Crippen LogP contribution < -0.4 is 0 Å². The monoisotopic (exact) mass is 347 g/mol. The van der Waals surface area contributed by atoms with E-state index in [1.165, 1.54) is 3.97 Å². The number of rotatable bonds is 4.